The first-order valence-corrected chi connectivity index (χ1v) is 14.9. The molecule has 0 aromatic rings. The standard InChI is InChI=1S/C25H52NO4P/c1-2-3-4-5-6-7-8-9-10-11-12-13-14-15-16-20-24-29-31(27,28)30-25-23-26-21-18-17-19-22-26/h2-25H2,1H3,(H,27,28)/p-1. The van der Waals surface area contributed by atoms with E-state index in [4.69, 9.17) is 9.05 Å². The molecule has 1 heterocycles. The lowest BCUT2D eigenvalue weighted by Gasteiger charge is -2.28. The number of phosphoric ester groups is 1. The summed E-state index contributed by atoms with van der Waals surface area (Å²) in [4.78, 5) is 14.1. The van der Waals surface area contributed by atoms with Crippen molar-refractivity contribution in [3.8, 4) is 0 Å². The molecule has 0 bridgehead atoms. The first-order valence-electron chi connectivity index (χ1n) is 13.5. The van der Waals surface area contributed by atoms with Crippen LogP contribution in [0.15, 0.2) is 0 Å². The fourth-order valence-electron chi connectivity index (χ4n) is 4.33. The molecular formula is C25H51NO4P-. The molecule has 1 unspecified atom stereocenters. The molecule has 31 heavy (non-hydrogen) atoms. The number of likely N-dealkylation sites (tertiary alicyclic amines) is 1. The second kappa shape index (κ2) is 20.7. The minimum Gasteiger partial charge on any atom is -0.756 e. The molecule has 0 radical (unpaired) electrons. The molecule has 1 fully saturated rings. The Morgan fingerprint density at radius 1 is 0.645 bits per heavy atom. The van der Waals surface area contributed by atoms with Gasteiger partial charge in [-0.3, -0.25) is 4.57 Å². The third-order valence-corrected chi connectivity index (χ3v) is 7.35. The smallest absolute Gasteiger partial charge is 0.267 e. The average molecular weight is 461 g/mol. The Hall–Kier alpha value is 0.0700. The van der Waals surface area contributed by atoms with Crippen LogP contribution in [-0.4, -0.2) is 37.7 Å². The van der Waals surface area contributed by atoms with Crippen molar-refractivity contribution >= 4 is 7.82 Å². The third-order valence-electron chi connectivity index (χ3n) is 6.35. The van der Waals surface area contributed by atoms with Gasteiger partial charge in [-0.1, -0.05) is 110 Å². The maximum Gasteiger partial charge on any atom is 0.267 e. The summed E-state index contributed by atoms with van der Waals surface area (Å²) in [7, 11) is -4.13. The molecule has 0 aromatic carbocycles. The number of hydrogen-bond acceptors (Lipinski definition) is 5. The number of unbranched alkanes of at least 4 members (excludes halogenated alkanes) is 15. The van der Waals surface area contributed by atoms with Crippen LogP contribution in [0.4, 0.5) is 0 Å². The van der Waals surface area contributed by atoms with E-state index in [1.54, 1.807) is 0 Å². The molecular weight excluding hydrogens is 409 g/mol. The van der Waals surface area contributed by atoms with Crippen LogP contribution < -0.4 is 4.89 Å². The molecule has 186 valence electrons. The van der Waals surface area contributed by atoms with Gasteiger partial charge >= 0.3 is 0 Å². The Balaban J connectivity index is 1.78. The van der Waals surface area contributed by atoms with Gasteiger partial charge in [0, 0.05) is 6.54 Å². The topological polar surface area (TPSA) is 61.8 Å². The van der Waals surface area contributed by atoms with Crippen LogP contribution in [-0.2, 0) is 13.6 Å². The van der Waals surface area contributed by atoms with Gasteiger partial charge in [0.2, 0.25) is 0 Å². The van der Waals surface area contributed by atoms with E-state index in [-0.39, 0.29) is 13.2 Å². The fourth-order valence-corrected chi connectivity index (χ4v) is 5.06. The first kappa shape index (κ1) is 29.1. The van der Waals surface area contributed by atoms with Crippen molar-refractivity contribution in [2.45, 2.75) is 129 Å². The Morgan fingerprint density at radius 3 is 1.55 bits per heavy atom. The summed E-state index contributed by atoms with van der Waals surface area (Å²) < 4.78 is 21.8. The highest BCUT2D eigenvalue weighted by atomic mass is 31.2. The van der Waals surface area contributed by atoms with Gasteiger partial charge in [0.05, 0.1) is 13.2 Å². The van der Waals surface area contributed by atoms with Crippen LogP contribution in [0.5, 0.6) is 0 Å². The molecule has 1 saturated heterocycles. The van der Waals surface area contributed by atoms with Gasteiger partial charge in [-0.25, -0.2) is 0 Å². The SMILES string of the molecule is CCCCCCCCCCCCCCCCCCOP(=O)([O-])OCCN1CCCCC1. The van der Waals surface area contributed by atoms with Crippen molar-refractivity contribution in [1.82, 2.24) is 4.90 Å². The zero-order valence-electron chi connectivity index (χ0n) is 20.5. The van der Waals surface area contributed by atoms with Gasteiger partial charge in [-0.15, -0.1) is 0 Å². The third kappa shape index (κ3) is 19.3. The largest absolute Gasteiger partial charge is 0.756 e. The van der Waals surface area contributed by atoms with Gasteiger partial charge in [0.15, 0.2) is 0 Å². The maximum absolute atomic E-state index is 11.8. The molecule has 1 aliphatic heterocycles. The van der Waals surface area contributed by atoms with Crippen LogP contribution in [0.3, 0.4) is 0 Å². The van der Waals surface area contributed by atoms with Crippen LogP contribution in [0.1, 0.15) is 129 Å². The first-order chi connectivity index (χ1) is 15.1. The van der Waals surface area contributed by atoms with E-state index in [0.717, 1.165) is 25.9 Å². The van der Waals surface area contributed by atoms with E-state index in [0.29, 0.717) is 6.54 Å². The zero-order chi connectivity index (χ0) is 22.5. The molecule has 1 aliphatic rings. The van der Waals surface area contributed by atoms with Gasteiger partial charge in [-0.2, -0.15) is 0 Å². The molecule has 1 rings (SSSR count). The molecule has 5 nitrogen and oxygen atoms in total. The van der Waals surface area contributed by atoms with Crippen molar-refractivity contribution in [3.05, 3.63) is 0 Å². The zero-order valence-corrected chi connectivity index (χ0v) is 21.4. The minimum atomic E-state index is -4.13. The number of nitrogens with zero attached hydrogens (tertiary/aromatic N) is 1. The number of rotatable bonds is 22. The molecule has 0 N–H and O–H groups in total. The normalized spacial score (nSPS) is 17.1. The molecule has 0 aromatic heterocycles. The van der Waals surface area contributed by atoms with Gasteiger partial charge in [0.25, 0.3) is 7.82 Å². The molecule has 0 saturated carbocycles. The van der Waals surface area contributed by atoms with Gasteiger partial charge in [0.1, 0.15) is 0 Å². The predicted octanol–water partition coefficient (Wildman–Crippen LogP) is 7.24. The number of hydrogen-bond donors (Lipinski definition) is 0. The van der Waals surface area contributed by atoms with Crippen LogP contribution in [0, 0.1) is 0 Å². The molecule has 0 amide bonds. The van der Waals surface area contributed by atoms with Crippen molar-refractivity contribution in [2.75, 3.05) is 32.8 Å². The average Bonchev–Trinajstić information content (AvgIpc) is 2.76. The van der Waals surface area contributed by atoms with E-state index in [1.807, 2.05) is 0 Å². The number of phosphoric acid groups is 1. The van der Waals surface area contributed by atoms with Crippen molar-refractivity contribution in [2.24, 2.45) is 0 Å². The molecule has 0 spiro atoms. The second-order valence-corrected chi connectivity index (χ2v) is 10.7. The molecule has 0 aliphatic carbocycles. The highest BCUT2D eigenvalue weighted by Gasteiger charge is 2.13. The summed E-state index contributed by atoms with van der Waals surface area (Å²) in [6, 6.07) is 0. The van der Waals surface area contributed by atoms with Crippen LogP contribution in [0.2, 0.25) is 0 Å². The van der Waals surface area contributed by atoms with Crippen molar-refractivity contribution < 1.29 is 18.5 Å². The Bertz CT molecular complexity index is 430. The highest BCUT2D eigenvalue weighted by molar-refractivity contribution is 7.45. The van der Waals surface area contributed by atoms with E-state index in [2.05, 4.69) is 11.8 Å². The summed E-state index contributed by atoms with van der Waals surface area (Å²) in [6.07, 6.45) is 24.6. The monoisotopic (exact) mass is 460 g/mol. The highest BCUT2D eigenvalue weighted by Crippen LogP contribution is 2.38. The van der Waals surface area contributed by atoms with Crippen LogP contribution >= 0.6 is 7.82 Å². The predicted molar refractivity (Wildman–Crippen MR) is 129 cm³/mol. The summed E-state index contributed by atoms with van der Waals surface area (Å²) in [5, 5.41) is 0. The summed E-state index contributed by atoms with van der Waals surface area (Å²) in [5.74, 6) is 0. The van der Waals surface area contributed by atoms with Crippen LogP contribution in [0.25, 0.3) is 0 Å². The quantitative estimate of drug-likeness (QED) is 0.126. The van der Waals surface area contributed by atoms with Gasteiger partial charge in [-0.05, 0) is 32.4 Å². The lowest BCUT2D eigenvalue weighted by Crippen LogP contribution is -2.32. The Labute approximate surface area is 193 Å². The second-order valence-electron chi connectivity index (χ2n) is 9.32. The Kier molecular flexibility index (Phi) is 19.4. The van der Waals surface area contributed by atoms with E-state index in [9.17, 15) is 9.46 Å². The van der Waals surface area contributed by atoms with Crippen molar-refractivity contribution in [3.63, 3.8) is 0 Å². The van der Waals surface area contributed by atoms with Gasteiger partial charge < -0.3 is 18.8 Å². The summed E-state index contributed by atoms with van der Waals surface area (Å²) in [5.41, 5.74) is 0. The van der Waals surface area contributed by atoms with E-state index >= 15 is 0 Å². The summed E-state index contributed by atoms with van der Waals surface area (Å²) in [6.45, 7) is 5.51. The lowest BCUT2D eigenvalue weighted by atomic mass is 10.0. The van der Waals surface area contributed by atoms with E-state index < -0.39 is 7.82 Å². The maximum atomic E-state index is 11.8. The summed E-state index contributed by atoms with van der Waals surface area (Å²) >= 11 is 0. The fraction of sp³-hybridized carbons (Fsp3) is 1.00. The molecule has 1 atom stereocenters. The van der Waals surface area contributed by atoms with E-state index in [1.165, 1.54) is 109 Å². The Morgan fingerprint density at radius 2 is 1.06 bits per heavy atom. The number of piperidine rings is 1. The minimum absolute atomic E-state index is 0.208. The van der Waals surface area contributed by atoms with Crippen molar-refractivity contribution in [1.29, 1.82) is 0 Å². The lowest BCUT2D eigenvalue weighted by molar-refractivity contribution is -0.225. The molecule has 6 heteroatoms.